The predicted octanol–water partition coefficient (Wildman–Crippen LogP) is 3.64. The number of carbonyl (C=O) groups excluding carboxylic acids is 1. The number of nitrogens with zero attached hydrogens (tertiary/aromatic N) is 2. The van der Waals surface area contributed by atoms with Crippen LogP contribution in [0.3, 0.4) is 0 Å². The van der Waals surface area contributed by atoms with Crippen LogP contribution in [0.2, 0.25) is 0 Å². The molecule has 0 saturated carbocycles. The van der Waals surface area contributed by atoms with Crippen LogP contribution in [-0.4, -0.2) is 47.0 Å². The number of likely N-dealkylation sites (tertiary alicyclic amines) is 1. The summed E-state index contributed by atoms with van der Waals surface area (Å²) in [5, 5.41) is 0. The molecule has 1 fully saturated rings. The first kappa shape index (κ1) is 19.5. The van der Waals surface area contributed by atoms with Crippen LogP contribution in [0.5, 0.6) is 5.75 Å². The smallest absolute Gasteiger partial charge is 0.326 e. The van der Waals surface area contributed by atoms with E-state index in [9.17, 15) is 9.59 Å². The number of aromatic nitrogens is 2. The molecule has 2 aromatic carbocycles. The zero-order valence-corrected chi connectivity index (χ0v) is 16.8. The second kappa shape index (κ2) is 8.66. The van der Waals surface area contributed by atoms with Crippen LogP contribution >= 0.6 is 0 Å². The number of ether oxygens (including phenoxy) is 1. The van der Waals surface area contributed by atoms with Gasteiger partial charge in [-0.15, -0.1) is 0 Å². The van der Waals surface area contributed by atoms with Crippen LogP contribution in [0.25, 0.3) is 11.0 Å². The van der Waals surface area contributed by atoms with Crippen molar-refractivity contribution in [2.45, 2.75) is 31.7 Å². The molecule has 1 saturated heterocycles. The number of carbonyl (C=O) groups is 1. The molecule has 3 aromatic rings. The third-order valence-electron chi connectivity index (χ3n) is 5.84. The molecule has 0 spiro atoms. The van der Waals surface area contributed by atoms with E-state index in [1.54, 1.807) is 7.11 Å². The van der Waals surface area contributed by atoms with Gasteiger partial charge in [0.05, 0.1) is 18.1 Å². The SMILES string of the molecule is COc1ccc(C(=O)CCCN2CCC(n3c(=O)[nH]c4ccccc43)CC2)cc1. The zero-order chi connectivity index (χ0) is 20.2. The van der Waals surface area contributed by atoms with Gasteiger partial charge in [0, 0.05) is 31.1 Å². The van der Waals surface area contributed by atoms with E-state index in [-0.39, 0.29) is 17.5 Å². The number of piperidine rings is 1. The van der Waals surface area contributed by atoms with Crippen molar-refractivity contribution < 1.29 is 9.53 Å². The van der Waals surface area contributed by atoms with E-state index in [0.717, 1.165) is 61.2 Å². The number of ketones is 1. The van der Waals surface area contributed by atoms with Gasteiger partial charge >= 0.3 is 5.69 Å². The van der Waals surface area contributed by atoms with E-state index < -0.39 is 0 Å². The normalized spacial score (nSPS) is 15.6. The van der Waals surface area contributed by atoms with Gasteiger partial charge in [0.1, 0.15) is 5.75 Å². The number of hydrogen-bond donors (Lipinski definition) is 1. The van der Waals surface area contributed by atoms with Crippen molar-refractivity contribution in [3.63, 3.8) is 0 Å². The number of imidazole rings is 1. The molecule has 0 atom stereocenters. The topological polar surface area (TPSA) is 67.3 Å². The summed E-state index contributed by atoms with van der Waals surface area (Å²) in [5.41, 5.74) is 2.61. The Morgan fingerprint density at radius 3 is 2.55 bits per heavy atom. The summed E-state index contributed by atoms with van der Waals surface area (Å²) in [4.78, 5) is 30.1. The van der Waals surface area contributed by atoms with Gasteiger partial charge in [-0.05, 0) is 62.2 Å². The fourth-order valence-electron chi connectivity index (χ4n) is 4.22. The Labute approximate surface area is 170 Å². The molecule has 0 bridgehead atoms. The van der Waals surface area contributed by atoms with Crippen LogP contribution in [0.4, 0.5) is 0 Å². The minimum atomic E-state index is -0.0188. The lowest BCUT2D eigenvalue weighted by molar-refractivity contribution is 0.0970. The van der Waals surface area contributed by atoms with Gasteiger partial charge in [-0.3, -0.25) is 9.36 Å². The number of benzene rings is 2. The van der Waals surface area contributed by atoms with Crippen LogP contribution in [-0.2, 0) is 0 Å². The van der Waals surface area contributed by atoms with Gasteiger partial charge in [0.25, 0.3) is 0 Å². The Morgan fingerprint density at radius 2 is 1.83 bits per heavy atom. The average molecular weight is 393 g/mol. The molecule has 29 heavy (non-hydrogen) atoms. The molecule has 4 rings (SSSR count). The highest BCUT2D eigenvalue weighted by atomic mass is 16.5. The quantitative estimate of drug-likeness (QED) is 0.623. The van der Waals surface area contributed by atoms with Gasteiger partial charge in [0.2, 0.25) is 0 Å². The van der Waals surface area contributed by atoms with Crippen molar-refractivity contribution in [2.24, 2.45) is 0 Å². The van der Waals surface area contributed by atoms with E-state index in [1.165, 1.54) is 0 Å². The number of hydrogen-bond acceptors (Lipinski definition) is 4. The second-order valence-electron chi connectivity index (χ2n) is 7.65. The van der Waals surface area contributed by atoms with Crippen LogP contribution in [0.1, 0.15) is 42.1 Å². The van der Waals surface area contributed by atoms with E-state index in [0.29, 0.717) is 6.42 Å². The number of rotatable bonds is 7. The van der Waals surface area contributed by atoms with Crippen molar-refractivity contribution in [3.8, 4) is 5.75 Å². The molecule has 0 amide bonds. The fraction of sp³-hybridized carbons (Fsp3) is 0.391. The van der Waals surface area contributed by atoms with Crippen molar-refractivity contribution in [3.05, 3.63) is 64.6 Å². The Hall–Kier alpha value is -2.86. The number of Topliss-reactive ketones (excluding diaryl/α,β-unsaturated/α-hetero) is 1. The first-order chi connectivity index (χ1) is 14.2. The number of aromatic amines is 1. The lowest BCUT2D eigenvalue weighted by Gasteiger charge is -2.32. The van der Waals surface area contributed by atoms with Gasteiger partial charge in [0.15, 0.2) is 5.78 Å². The summed E-state index contributed by atoms with van der Waals surface area (Å²) in [6.07, 6.45) is 3.30. The molecule has 1 aliphatic heterocycles. The molecule has 6 nitrogen and oxygen atoms in total. The minimum Gasteiger partial charge on any atom is -0.497 e. The fourth-order valence-corrected chi connectivity index (χ4v) is 4.22. The van der Waals surface area contributed by atoms with Crippen LogP contribution < -0.4 is 10.4 Å². The van der Waals surface area contributed by atoms with Gasteiger partial charge < -0.3 is 14.6 Å². The lowest BCUT2D eigenvalue weighted by atomic mass is 10.0. The highest BCUT2D eigenvalue weighted by molar-refractivity contribution is 5.96. The Bertz CT molecular complexity index is 1030. The van der Waals surface area contributed by atoms with Crippen LogP contribution in [0.15, 0.2) is 53.3 Å². The third-order valence-corrected chi connectivity index (χ3v) is 5.84. The molecular formula is C23H27N3O3. The second-order valence-corrected chi connectivity index (χ2v) is 7.65. The van der Waals surface area contributed by atoms with Crippen molar-refractivity contribution in [1.82, 2.24) is 14.5 Å². The molecule has 2 heterocycles. The standard InChI is InChI=1S/C23H27N3O3/c1-29-19-10-8-17(9-11-19)22(27)7-4-14-25-15-12-18(13-16-25)26-21-6-3-2-5-20(21)24-23(26)28/h2-3,5-6,8-11,18H,4,7,12-16H2,1H3,(H,24,28). The largest absolute Gasteiger partial charge is 0.497 e. The highest BCUT2D eigenvalue weighted by Gasteiger charge is 2.23. The first-order valence-corrected chi connectivity index (χ1v) is 10.2. The number of fused-ring (bicyclic) bond motifs is 1. The summed E-state index contributed by atoms with van der Waals surface area (Å²) in [6.45, 7) is 2.82. The maximum Gasteiger partial charge on any atom is 0.326 e. The molecule has 6 heteroatoms. The first-order valence-electron chi connectivity index (χ1n) is 10.2. The van der Waals surface area contributed by atoms with E-state index in [2.05, 4.69) is 9.88 Å². The summed E-state index contributed by atoms with van der Waals surface area (Å²) in [6, 6.07) is 15.4. The van der Waals surface area contributed by atoms with E-state index in [4.69, 9.17) is 4.74 Å². The Morgan fingerprint density at radius 1 is 1.10 bits per heavy atom. The minimum absolute atomic E-state index is 0.0188. The molecule has 0 radical (unpaired) electrons. The third kappa shape index (κ3) is 4.27. The molecule has 1 aliphatic rings. The van der Waals surface area contributed by atoms with Crippen LogP contribution in [0, 0.1) is 0 Å². The molecular weight excluding hydrogens is 366 g/mol. The summed E-state index contributed by atoms with van der Waals surface area (Å²) >= 11 is 0. The molecule has 1 N–H and O–H groups in total. The predicted molar refractivity (Wildman–Crippen MR) is 114 cm³/mol. The van der Waals surface area contributed by atoms with Crippen molar-refractivity contribution in [2.75, 3.05) is 26.7 Å². The monoisotopic (exact) mass is 393 g/mol. The molecule has 152 valence electrons. The number of nitrogens with one attached hydrogen (secondary N) is 1. The Kier molecular flexibility index (Phi) is 5.81. The number of methoxy groups -OCH3 is 1. The Balaban J connectivity index is 1.27. The highest BCUT2D eigenvalue weighted by Crippen LogP contribution is 2.25. The van der Waals surface area contributed by atoms with Gasteiger partial charge in [-0.2, -0.15) is 0 Å². The summed E-state index contributed by atoms with van der Waals surface area (Å²) < 4.78 is 7.05. The summed E-state index contributed by atoms with van der Waals surface area (Å²) in [5.74, 6) is 0.937. The number of H-pyrrole nitrogens is 1. The van der Waals surface area contributed by atoms with Crippen molar-refractivity contribution in [1.29, 1.82) is 0 Å². The maximum absolute atomic E-state index is 12.4. The van der Waals surface area contributed by atoms with E-state index >= 15 is 0 Å². The van der Waals surface area contributed by atoms with E-state index in [1.807, 2.05) is 53.1 Å². The zero-order valence-electron chi connectivity index (χ0n) is 16.8. The van der Waals surface area contributed by atoms with Crippen molar-refractivity contribution >= 4 is 16.8 Å². The maximum atomic E-state index is 12.4. The average Bonchev–Trinajstić information content (AvgIpc) is 3.10. The molecule has 0 unspecified atom stereocenters. The summed E-state index contributed by atoms with van der Waals surface area (Å²) in [7, 11) is 1.62. The molecule has 1 aromatic heterocycles. The van der Waals surface area contributed by atoms with Gasteiger partial charge in [-0.25, -0.2) is 4.79 Å². The number of para-hydroxylation sites is 2. The molecule has 0 aliphatic carbocycles. The lowest BCUT2D eigenvalue weighted by Crippen LogP contribution is -2.37. The van der Waals surface area contributed by atoms with Gasteiger partial charge in [-0.1, -0.05) is 12.1 Å².